The highest BCUT2D eigenvalue weighted by molar-refractivity contribution is 7.86. The van der Waals surface area contributed by atoms with Gasteiger partial charge in [-0.2, -0.15) is 17.0 Å². The van der Waals surface area contributed by atoms with Crippen molar-refractivity contribution in [3.63, 3.8) is 0 Å². The maximum atomic E-state index is 13.3. The molecule has 0 unspecified atom stereocenters. The second-order valence-corrected chi connectivity index (χ2v) is 9.71. The van der Waals surface area contributed by atoms with Gasteiger partial charge in [-0.25, -0.2) is 4.98 Å². The van der Waals surface area contributed by atoms with Gasteiger partial charge in [0.2, 0.25) is 5.88 Å². The van der Waals surface area contributed by atoms with E-state index in [1.165, 1.54) is 11.4 Å². The molecule has 0 aromatic carbocycles. The predicted molar refractivity (Wildman–Crippen MR) is 100.0 cm³/mol. The van der Waals surface area contributed by atoms with Crippen molar-refractivity contribution in [1.82, 2.24) is 18.5 Å². The van der Waals surface area contributed by atoms with Crippen LogP contribution in [0.25, 0.3) is 0 Å². The molecule has 1 aliphatic carbocycles. The second kappa shape index (κ2) is 6.72. The molecule has 2 saturated heterocycles. The van der Waals surface area contributed by atoms with E-state index in [1.807, 2.05) is 11.0 Å². The average molecular weight is 394 g/mol. The van der Waals surface area contributed by atoms with E-state index >= 15 is 0 Å². The van der Waals surface area contributed by atoms with Crippen molar-refractivity contribution in [1.29, 1.82) is 0 Å². The molecule has 1 amide bonds. The molecule has 0 saturated carbocycles. The number of rotatable bonds is 4. The molecule has 27 heavy (non-hydrogen) atoms. The monoisotopic (exact) mass is 394 g/mol. The lowest BCUT2D eigenvalue weighted by atomic mass is 10.1. The number of carbonyl (C=O) groups is 1. The summed E-state index contributed by atoms with van der Waals surface area (Å²) in [7, 11) is 1.15. The first-order valence-electron chi connectivity index (χ1n) is 9.41. The van der Waals surface area contributed by atoms with E-state index in [4.69, 9.17) is 4.74 Å². The number of aromatic nitrogens is 1. The Morgan fingerprint density at radius 1 is 1.22 bits per heavy atom. The Morgan fingerprint density at radius 3 is 2.67 bits per heavy atom. The Kier molecular flexibility index (Phi) is 4.64. The van der Waals surface area contributed by atoms with Crippen molar-refractivity contribution >= 4 is 16.1 Å². The fraction of sp³-hybridized carbons (Fsp3) is 0.667. The quantitative estimate of drug-likeness (QED) is 0.750. The topological polar surface area (TPSA) is 83.0 Å². The lowest BCUT2D eigenvalue weighted by molar-refractivity contribution is 0.0730. The zero-order valence-corrected chi connectivity index (χ0v) is 16.8. The highest BCUT2D eigenvalue weighted by Gasteiger charge is 2.49. The number of nitrogens with zero attached hydrogens (tertiary/aromatic N) is 4. The van der Waals surface area contributed by atoms with Gasteiger partial charge in [-0.3, -0.25) is 4.79 Å². The number of ether oxygens (including phenoxy) is 1. The Labute approximate surface area is 160 Å². The summed E-state index contributed by atoms with van der Waals surface area (Å²) in [5.74, 6) is 0.269. The number of aryl methyl sites for hydroxylation is 2. The normalized spacial score (nSPS) is 25.1. The number of carbonyl (C=O) groups excluding carboxylic acids is 1. The van der Waals surface area contributed by atoms with E-state index in [1.54, 1.807) is 18.4 Å². The van der Waals surface area contributed by atoms with Gasteiger partial charge in [0.05, 0.1) is 7.11 Å². The van der Waals surface area contributed by atoms with Crippen LogP contribution < -0.4 is 4.74 Å². The third kappa shape index (κ3) is 2.92. The molecule has 0 bridgehead atoms. The molecule has 4 rings (SSSR count). The van der Waals surface area contributed by atoms with Gasteiger partial charge in [-0.05, 0) is 43.7 Å². The first kappa shape index (κ1) is 18.6. The Morgan fingerprint density at radius 2 is 1.96 bits per heavy atom. The van der Waals surface area contributed by atoms with Gasteiger partial charge in [-0.15, -0.1) is 0 Å². The summed E-state index contributed by atoms with van der Waals surface area (Å²) >= 11 is 0. The molecule has 0 spiro atoms. The zero-order chi connectivity index (χ0) is 19.3. The molecule has 2 aliphatic heterocycles. The number of fused-ring (bicyclic) bond motifs is 2. The van der Waals surface area contributed by atoms with E-state index in [9.17, 15) is 13.2 Å². The average Bonchev–Trinajstić information content (AvgIpc) is 3.34. The highest BCUT2D eigenvalue weighted by atomic mass is 32.2. The fourth-order valence-corrected chi connectivity index (χ4v) is 5.96. The first-order chi connectivity index (χ1) is 12.8. The van der Waals surface area contributed by atoms with Crippen LogP contribution in [0.3, 0.4) is 0 Å². The molecule has 3 heterocycles. The molecule has 9 heteroatoms. The Hall–Kier alpha value is -1.71. The molecular weight excluding hydrogens is 368 g/mol. The van der Waals surface area contributed by atoms with Crippen LogP contribution in [-0.4, -0.2) is 79.2 Å². The summed E-state index contributed by atoms with van der Waals surface area (Å²) < 4.78 is 33.3. The number of amides is 1. The van der Waals surface area contributed by atoms with Crippen molar-refractivity contribution in [3.8, 4) is 5.88 Å². The number of pyridine rings is 1. The molecule has 148 valence electrons. The third-order valence-electron chi connectivity index (χ3n) is 5.98. The number of hydrogen-bond acceptors (Lipinski definition) is 5. The van der Waals surface area contributed by atoms with Gasteiger partial charge in [0.1, 0.15) is 5.56 Å². The summed E-state index contributed by atoms with van der Waals surface area (Å²) in [5, 5.41) is 0. The molecule has 8 nitrogen and oxygen atoms in total. The molecular formula is C18H26N4O4S. The van der Waals surface area contributed by atoms with Gasteiger partial charge in [-0.1, -0.05) is 0 Å². The van der Waals surface area contributed by atoms with Gasteiger partial charge in [0.15, 0.2) is 0 Å². The molecule has 0 radical (unpaired) electrons. The first-order valence-corrected chi connectivity index (χ1v) is 10.8. The lowest BCUT2D eigenvalue weighted by Crippen LogP contribution is -2.45. The predicted octanol–water partition coefficient (Wildman–Crippen LogP) is 0.674. The largest absolute Gasteiger partial charge is 0.480 e. The standard InChI is InChI=1S/C18H26N4O4S/c1-20(2)27(24,25)22-10-8-15-16(22)7-9-21(15)18(23)13-11-12-5-4-6-14(12)19-17(13)26-3/h11,15-16H,4-10H2,1-3H3/t15-,16-/m0/s1. The van der Waals surface area contributed by atoms with Crippen LogP contribution >= 0.6 is 0 Å². The summed E-state index contributed by atoms with van der Waals surface area (Å²) in [4.78, 5) is 19.6. The van der Waals surface area contributed by atoms with E-state index in [-0.39, 0.29) is 18.0 Å². The molecule has 3 aliphatic rings. The van der Waals surface area contributed by atoms with Gasteiger partial charge in [0, 0.05) is 45.0 Å². The minimum absolute atomic E-state index is 0.0924. The summed E-state index contributed by atoms with van der Waals surface area (Å²) in [5.41, 5.74) is 2.64. The molecule has 2 fully saturated rings. The smallest absolute Gasteiger partial charge is 0.281 e. The van der Waals surface area contributed by atoms with E-state index in [0.29, 0.717) is 37.4 Å². The summed E-state index contributed by atoms with van der Waals surface area (Å²) in [6.07, 6.45) is 4.22. The van der Waals surface area contributed by atoms with E-state index < -0.39 is 10.2 Å². The summed E-state index contributed by atoms with van der Waals surface area (Å²) in [6, 6.07) is 1.67. The highest BCUT2D eigenvalue weighted by Crippen LogP contribution is 2.36. The van der Waals surface area contributed by atoms with Crippen molar-refractivity contribution < 1.29 is 17.9 Å². The number of likely N-dealkylation sites (tertiary alicyclic amines) is 1. The second-order valence-electron chi connectivity index (χ2n) is 7.62. The maximum Gasteiger partial charge on any atom is 0.281 e. The molecule has 2 atom stereocenters. The maximum absolute atomic E-state index is 13.3. The van der Waals surface area contributed by atoms with Crippen LogP contribution in [0.5, 0.6) is 5.88 Å². The Bertz CT molecular complexity index is 870. The van der Waals surface area contributed by atoms with Crippen LogP contribution in [0.1, 0.15) is 40.9 Å². The minimum Gasteiger partial charge on any atom is -0.480 e. The number of methoxy groups -OCH3 is 1. The van der Waals surface area contributed by atoms with Crippen LogP contribution in [0.4, 0.5) is 0 Å². The van der Waals surface area contributed by atoms with Crippen LogP contribution in [0.2, 0.25) is 0 Å². The third-order valence-corrected chi connectivity index (χ3v) is 7.95. The lowest BCUT2D eigenvalue weighted by Gasteiger charge is -2.27. The van der Waals surface area contributed by atoms with Crippen LogP contribution in [0.15, 0.2) is 6.07 Å². The fourth-order valence-electron chi connectivity index (χ4n) is 4.61. The SMILES string of the molecule is COc1nc2c(cc1C(=O)N1CC[C@H]3[C@@H]1CCN3S(=O)(=O)N(C)C)CCC2. The number of hydrogen-bond donors (Lipinski definition) is 0. The van der Waals surface area contributed by atoms with Crippen LogP contribution in [0, 0.1) is 0 Å². The summed E-state index contributed by atoms with van der Waals surface area (Å²) in [6.45, 7) is 0.993. The van der Waals surface area contributed by atoms with Gasteiger partial charge in [0.25, 0.3) is 16.1 Å². The van der Waals surface area contributed by atoms with Gasteiger partial charge < -0.3 is 9.64 Å². The molecule has 0 N–H and O–H groups in total. The van der Waals surface area contributed by atoms with Crippen LogP contribution in [-0.2, 0) is 23.1 Å². The minimum atomic E-state index is -3.47. The molecule has 1 aromatic rings. The molecule has 1 aromatic heterocycles. The van der Waals surface area contributed by atoms with Crippen molar-refractivity contribution in [3.05, 3.63) is 22.9 Å². The van der Waals surface area contributed by atoms with Crippen molar-refractivity contribution in [2.45, 2.75) is 44.2 Å². The zero-order valence-electron chi connectivity index (χ0n) is 16.0. The van der Waals surface area contributed by atoms with Crippen molar-refractivity contribution in [2.24, 2.45) is 0 Å². The van der Waals surface area contributed by atoms with Crippen molar-refractivity contribution in [2.75, 3.05) is 34.3 Å². The van der Waals surface area contributed by atoms with Gasteiger partial charge >= 0.3 is 0 Å². The van der Waals surface area contributed by atoms with E-state index in [0.717, 1.165) is 30.5 Å². The van der Waals surface area contributed by atoms with E-state index in [2.05, 4.69) is 4.98 Å². The Balaban J connectivity index is 1.60.